The van der Waals surface area contributed by atoms with Crippen LogP contribution in [0.1, 0.15) is 10.4 Å². The van der Waals surface area contributed by atoms with E-state index in [0.717, 1.165) is 17.1 Å². The van der Waals surface area contributed by atoms with Gasteiger partial charge in [0.15, 0.2) is 0 Å². The maximum atomic E-state index is 12.3. The first-order valence-electron chi connectivity index (χ1n) is 5.50. The van der Waals surface area contributed by atoms with E-state index in [1.807, 2.05) is 48.5 Å². The van der Waals surface area contributed by atoms with Gasteiger partial charge in [-0.2, -0.15) is 0 Å². The number of carbonyl (C=O) groups excluding carboxylic acids is 1. The van der Waals surface area contributed by atoms with Gasteiger partial charge in [0.1, 0.15) is 0 Å². The predicted molar refractivity (Wildman–Crippen MR) is 68.9 cm³/mol. The topological polar surface area (TPSA) is 32.3 Å². The van der Waals surface area contributed by atoms with Gasteiger partial charge in [-0.05, 0) is 24.3 Å². The van der Waals surface area contributed by atoms with E-state index in [0.29, 0.717) is 5.56 Å². The van der Waals surface area contributed by atoms with Crippen LogP contribution in [0.25, 0.3) is 0 Å². The SMILES string of the molecule is CN1C(=O)c2ccccc2Nc2ccccc21. The number of amides is 1. The van der Waals surface area contributed by atoms with Gasteiger partial charge < -0.3 is 10.2 Å². The van der Waals surface area contributed by atoms with Crippen LogP contribution in [0.2, 0.25) is 0 Å². The normalized spacial score (nSPS) is 13.5. The Balaban J connectivity index is 2.24. The van der Waals surface area contributed by atoms with Crippen LogP contribution in [-0.4, -0.2) is 13.0 Å². The molecule has 0 saturated carbocycles. The first-order valence-corrected chi connectivity index (χ1v) is 5.50. The number of fused-ring (bicyclic) bond motifs is 2. The van der Waals surface area contributed by atoms with Crippen LogP contribution in [0.5, 0.6) is 0 Å². The Hall–Kier alpha value is -2.29. The number of para-hydroxylation sites is 3. The summed E-state index contributed by atoms with van der Waals surface area (Å²) in [6.07, 6.45) is 0. The van der Waals surface area contributed by atoms with Crippen LogP contribution in [0, 0.1) is 0 Å². The van der Waals surface area contributed by atoms with Crippen LogP contribution in [0.4, 0.5) is 17.1 Å². The summed E-state index contributed by atoms with van der Waals surface area (Å²) in [5.41, 5.74) is 3.41. The molecule has 3 rings (SSSR count). The fourth-order valence-corrected chi connectivity index (χ4v) is 2.09. The van der Waals surface area contributed by atoms with Crippen molar-refractivity contribution in [1.82, 2.24) is 0 Å². The van der Waals surface area contributed by atoms with Gasteiger partial charge in [0, 0.05) is 7.05 Å². The summed E-state index contributed by atoms with van der Waals surface area (Å²) in [4.78, 5) is 14.0. The molecule has 2 aromatic carbocycles. The highest BCUT2D eigenvalue weighted by atomic mass is 16.2. The van der Waals surface area contributed by atoms with Crippen molar-refractivity contribution in [3.8, 4) is 0 Å². The smallest absolute Gasteiger partial charge is 0.260 e. The number of anilines is 3. The lowest BCUT2D eigenvalue weighted by Crippen LogP contribution is -2.25. The van der Waals surface area contributed by atoms with E-state index in [4.69, 9.17) is 0 Å². The third-order valence-corrected chi connectivity index (χ3v) is 3.00. The lowest BCUT2D eigenvalue weighted by Gasteiger charge is -2.16. The summed E-state index contributed by atoms with van der Waals surface area (Å²) in [5.74, 6) is 0.0121. The zero-order valence-corrected chi connectivity index (χ0v) is 9.47. The zero-order chi connectivity index (χ0) is 11.8. The van der Waals surface area contributed by atoms with Crippen molar-refractivity contribution in [3.63, 3.8) is 0 Å². The Morgan fingerprint density at radius 1 is 0.941 bits per heavy atom. The molecule has 17 heavy (non-hydrogen) atoms. The first kappa shape index (κ1) is 9.90. The molecule has 0 atom stereocenters. The van der Waals surface area contributed by atoms with Crippen molar-refractivity contribution in [2.45, 2.75) is 0 Å². The van der Waals surface area contributed by atoms with Crippen molar-refractivity contribution >= 4 is 23.0 Å². The molecule has 0 saturated heterocycles. The number of hydrogen-bond donors (Lipinski definition) is 1. The quantitative estimate of drug-likeness (QED) is 0.746. The Labute approximate surface area is 99.7 Å². The monoisotopic (exact) mass is 224 g/mol. The molecule has 3 nitrogen and oxygen atoms in total. The molecule has 84 valence electrons. The number of hydrogen-bond acceptors (Lipinski definition) is 2. The zero-order valence-electron chi connectivity index (χ0n) is 9.47. The highest BCUT2D eigenvalue weighted by molar-refractivity contribution is 6.13. The molecule has 1 aliphatic heterocycles. The summed E-state index contributed by atoms with van der Waals surface area (Å²) >= 11 is 0. The molecule has 1 heterocycles. The van der Waals surface area contributed by atoms with Gasteiger partial charge in [-0.25, -0.2) is 0 Å². The molecule has 1 N–H and O–H groups in total. The molecule has 0 unspecified atom stereocenters. The molecule has 1 amide bonds. The largest absolute Gasteiger partial charge is 0.353 e. The van der Waals surface area contributed by atoms with Crippen LogP contribution in [0.3, 0.4) is 0 Å². The Bertz CT molecular complexity index is 592. The lowest BCUT2D eigenvalue weighted by molar-refractivity contribution is 0.0994. The molecule has 0 aliphatic carbocycles. The maximum Gasteiger partial charge on any atom is 0.260 e. The van der Waals surface area contributed by atoms with Gasteiger partial charge >= 0.3 is 0 Å². The molecule has 0 radical (unpaired) electrons. The Kier molecular flexibility index (Phi) is 2.11. The van der Waals surface area contributed by atoms with Crippen LogP contribution in [0.15, 0.2) is 48.5 Å². The fraction of sp³-hybridized carbons (Fsp3) is 0.0714. The highest BCUT2D eigenvalue weighted by Gasteiger charge is 2.22. The third kappa shape index (κ3) is 1.47. The molecule has 0 fully saturated rings. The van der Waals surface area contributed by atoms with E-state index in [1.165, 1.54) is 0 Å². The fourth-order valence-electron chi connectivity index (χ4n) is 2.09. The maximum absolute atomic E-state index is 12.3. The number of nitrogens with zero attached hydrogens (tertiary/aromatic N) is 1. The van der Waals surface area contributed by atoms with E-state index in [2.05, 4.69) is 5.32 Å². The summed E-state index contributed by atoms with van der Waals surface area (Å²) in [6, 6.07) is 15.4. The number of rotatable bonds is 0. The summed E-state index contributed by atoms with van der Waals surface area (Å²) in [7, 11) is 1.80. The molecule has 0 bridgehead atoms. The van der Waals surface area contributed by atoms with Gasteiger partial charge in [-0.3, -0.25) is 4.79 Å². The number of nitrogens with one attached hydrogen (secondary N) is 1. The van der Waals surface area contributed by atoms with E-state index in [-0.39, 0.29) is 5.91 Å². The average Bonchev–Trinajstić information content (AvgIpc) is 2.48. The lowest BCUT2D eigenvalue weighted by atomic mass is 10.1. The third-order valence-electron chi connectivity index (χ3n) is 3.00. The van der Waals surface area contributed by atoms with Crippen molar-refractivity contribution in [2.24, 2.45) is 0 Å². The Morgan fingerprint density at radius 3 is 2.41 bits per heavy atom. The molecular weight excluding hydrogens is 212 g/mol. The van der Waals surface area contributed by atoms with Crippen molar-refractivity contribution in [1.29, 1.82) is 0 Å². The number of carbonyl (C=O) groups is 1. The van der Waals surface area contributed by atoms with Gasteiger partial charge in [0.05, 0.1) is 22.6 Å². The minimum atomic E-state index is 0.0121. The molecule has 1 aliphatic rings. The van der Waals surface area contributed by atoms with Crippen molar-refractivity contribution in [3.05, 3.63) is 54.1 Å². The standard InChI is InChI=1S/C14H12N2O/c1-16-13-9-5-4-8-12(13)15-11-7-3-2-6-10(11)14(16)17/h2-9,15H,1H3. The highest BCUT2D eigenvalue weighted by Crippen LogP contribution is 2.34. The second kappa shape index (κ2) is 3.63. The van der Waals surface area contributed by atoms with Crippen LogP contribution in [-0.2, 0) is 0 Å². The van der Waals surface area contributed by atoms with Crippen molar-refractivity contribution in [2.75, 3.05) is 17.3 Å². The van der Waals surface area contributed by atoms with Gasteiger partial charge in [0.25, 0.3) is 5.91 Å². The van der Waals surface area contributed by atoms with Crippen molar-refractivity contribution < 1.29 is 4.79 Å². The van der Waals surface area contributed by atoms with Crippen LogP contribution < -0.4 is 10.2 Å². The Morgan fingerprint density at radius 2 is 1.59 bits per heavy atom. The first-order chi connectivity index (χ1) is 8.27. The molecular formula is C14H12N2O. The van der Waals surface area contributed by atoms with Gasteiger partial charge in [-0.1, -0.05) is 24.3 Å². The summed E-state index contributed by atoms with van der Waals surface area (Å²) < 4.78 is 0. The number of benzene rings is 2. The van der Waals surface area contributed by atoms with E-state index >= 15 is 0 Å². The minimum Gasteiger partial charge on any atom is -0.353 e. The van der Waals surface area contributed by atoms with Gasteiger partial charge in [0.2, 0.25) is 0 Å². The van der Waals surface area contributed by atoms with Gasteiger partial charge in [-0.15, -0.1) is 0 Å². The van der Waals surface area contributed by atoms with E-state index in [9.17, 15) is 4.79 Å². The molecule has 0 spiro atoms. The summed E-state index contributed by atoms with van der Waals surface area (Å²) in [6.45, 7) is 0. The summed E-state index contributed by atoms with van der Waals surface area (Å²) in [5, 5.41) is 3.30. The van der Waals surface area contributed by atoms with E-state index < -0.39 is 0 Å². The van der Waals surface area contributed by atoms with E-state index in [1.54, 1.807) is 11.9 Å². The second-order valence-corrected chi connectivity index (χ2v) is 4.05. The van der Waals surface area contributed by atoms with Crippen LogP contribution >= 0.6 is 0 Å². The molecule has 0 aromatic heterocycles. The predicted octanol–water partition coefficient (Wildman–Crippen LogP) is 3.02. The second-order valence-electron chi connectivity index (χ2n) is 4.05. The average molecular weight is 224 g/mol. The minimum absolute atomic E-state index is 0.0121. The molecule has 2 aromatic rings. The molecule has 3 heteroatoms.